The molecule has 2 heterocycles. The number of furan rings is 1. The Morgan fingerprint density at radius 3 is 2.59 bits per heavy atom. The predicted molar refractivity (Wildman–Crippen MR) is 97.2 cm³/mol. The first-order valence-electron chi connectivity index (χ1n) is 8.33. The van der Waals surface area contributed by atoms with Crippen LogP contribution in [0.5, 0.6) is 0 Å². The van der Waals surface area contributed by atoms with Crippen LogP contribution in [0.3, 0.4) is 0 Å². The highest BCUT2D eigenvalue weighted by atomic mass is 35.5. The van der Waals surface area contributed by atoms with Crippen LogP contribution in [0.2, 0.25) is 5.02 Å². The van der Waals surface area contributed by atoms with Crippen molar-refractivity contribution < 1.29 is 22.0 Å². The third kappa shape index (κ3) is 4.86. The Balaban J connectivity index is 1.51. The summed E-state index contributed by atoms with van der Waals surface area (Å²) in [7, 11) is -3.75. The Morgan fingerprint density at radius 1 is 1.22 bits per heavy atom. The first kappa shape index (κ1) is 19.8. The van der Waals surface area contributed by atoms with Crippen molar-refractivity contribution in [3.8, 4) is 0 Å². The molecule has 0 spiro atoms. The molecule has 1 saturated heterocycles. The minimum atomic E-state index is -3.75. The van der Waals surface area contributed by atoms with Crippen LogP contribution >= 0.6 is 11.6 Å². The van der Waals surface area contributed by atoms with E-state index in [2.05, 4.69) is 5.32 Å². The fourth-order valence-electron chi connectivity index (χ4n) is 2.77. The van der Waals surface area contributed by atoms with E-state index >= 15 is 0 Å². The summed E-state index contributed by atoms with van der Waals surface area (Å²) in [4.78, 5) is 13.8. The number of carbonyl (C=O) groups excluding carboxylic acids is 1. The molecule has 27 heavy (non-hydrogen) atoms. The van der Waals surface area contributed by atoms with Crippen LogP contribution in [0.25, 0.3) is 0 Å². The SMILES string of the molecule is O=C(CN1CCN(S(=O)(=O)c2ccc(F)c(Cl)c2)CC1)NCc1ccco1. The normalized spacial score (nSPS) is 16.4. The Bertz CT molecular complexity index is 897. The molecule has 1 aliphatic heterocycles. The number of sulfonamides is 1. The van der Waals surface area contributed by atoms with Crippen molar-refractivity contribution in [3.63, 3.8) is 0 Å². The molecule has 0 bridgehead atoms. The second kappa shape index (κ2) is 8.39. The Labute approximate surface area is 161 Å². The molecule has 146 valence electrons. The average molecular weight is 416 g/mol. The first-order chi connectivity index (χ1) is 12.9. The second-order valence-electron chi connectivity index (χ2n) is 6.11. The molecule has 0 saturated carbocycles. The molecule has 7 nitrogen and oxygen atoms in total. The highest BCUT2D eigenvalue weighted by molar-refractivity contribution is 7.89. The zero-order chi connectivity index (χ0) is 19.4. The summed E-state index contributed by atoms with van der Waals surface area (Å²) >= 11 is 5.69. The summed E-state index contributed by atoms with van der Waals surface area (Å²) in [6, 6.07) is 6.86. The molecule has 1 amide bonds. The van der Waals surface area contributed by atoms with E-state index < -0.39 is 15.8 Å². The third-order valence-corrected chi connectivity index (χ3v) is 6.45. The van der Waals surface area contributed by atoms with Crippen LogP contribution in [-0.4, -0.2) is 56.3 Å². The van der Waals surface area contributed by atoms with E-state index in [9.17, 15) is 17.6 Å². The van der Waals surface area contributed by atoms with Gasteiger partial charge in [-0.1, -0.05) is 11.6 Å². The highest BCUT2D eigenvalue weighted by Crippen LogP contribution is 2.23. The molecule has 1 aliphatic rings. The standard InChI is InChI=1S/C17H19ClFN3O4S/c18-15-10-14(3-4-16(15)19)27(24,25)22-7-5-21(6-8-22)12-17(23)20-11-13-2-1-9-26-13/h1-4,9-10H,5-8,11-12H2,(H,20,23). The van der Waals surface area contributed by atoms with Gasteiger partial charge in [0, 0.05) is 26.2 Å². The highest BCUT2D eigenvalue weighted by Gasteiger charge is 2.29. The van der Waals surface area contributed by atoms with Crippen molar-refractivity contribution in [2.45, 2.75) is 11.4 Å². The molecule has 0 aliphatic carbocycles. The Hall–Kier alpha value is -1.94. The number of carbonyl (C=O) groups is 1. The lowest BCUT2D eigenvalue weighted by Gasteiger charge is -2.33. The van der Waals surface area contributed by atoms with Crippen LogP contribution in [0, 0.1) is 5.82 Å². The number of nitrogens with one attached hydrogen (secondary N) is 1. The van der Waals surface area contributed by atoms with Gasteiger partial charge in [-0.15, -0.1) is 0 Å². The van der Waals surface area contributed by atoms with Gasteiger partial charge >= 0.3 is 0 Å². The van der Waals surface area contributed by atoms with Crippen molar-refractivity contribution >= 4 is 27.5 Å². The minimum absolute atomic E-state index is 0.0430. The predicted octanol–water partition coefficient (Wildman–Crippen LogP) is 1.69. The van der Waals surface area contributed by atoms with Crippen molar-refractivity contribution in [2.75, 3.05) is 32.7 Å². The van der Waals surface area contributed by atoms with Crippen LogP contribution in [0.15, 0.2) is 45.9 Å². The van der Waals surface area contributed by atoms with Crippen molar-refractivity contribution in [3.05, 3.63) is 53.2 Å². The molecule has 10 heteroatoms. The number of hydrogen-bond acceptors (Lipinski definition) is 5. The number of amides is 1. The fourth-order valence-corrected chi connectivity index (χ4v) is 4.47. The molecule has 2 aromatic rings. The van der Waals surface area contributed by atoms with Gasteiger partial charge < -0.3 is 9.73 Å². The van der Waals surface area contributed by atoms with Crippen molar-refractivity contribution in [1.29, 1.82) is 0 Å². The smallest absolute Gasteiger partial charge is 0.243 e. The maximum atomic E-state index is 13.3. The van der Waals surface area contributed by atoms with Gasteiger partial charge in [-0.25, -0.2) is 12.8 Å². The van der Waals surface area contributed by atoms with E-state index in [1.165, 1.54) is 16.6 Å². The minimum Gasteiger partial charge on any atom is -0.467 e. The van der Waals surface area contributed by atoms with Gasteiger partial charge in [0.05, 0.1) is 29.3 Å². The summed E-state index contributed by atoms with van der Waals surface area (Å²) < 4.78 is 45.0. The number of rotatable bonds is 6. The van der Waals surface area contributed by atoms with E-state index in [1.807, 2.05) is 4.90 Å². The summed E-state index contributed by atoms with van der Waals surface area (Å²) in [5.74, 6) is -0.161. The molecule has 0 unspecified atom stereocenters. The summed E-state index contributed by atoms with van der Waals surface area (Å²) in [5.41, 5.74) is 0. The molecule has 1 aromatic heterocycles. The topological polar surface area (TPSA) is 82.9 Å². The number of halogens is 2. The summed E-state index contributed by atoms with van der Waals surface area (Å²) in [6.07, 6.45) is 1.54. The van der Waals surface area contributed by atoms with Gasteiger partial charge in [-0.05, 0) is 30.3 Å². The van der Waals surface area contributed by atoms with Gasteiger partial charge in [0.2, 0.25) is 15.9 Å². The monoisotopic (exact) mass is 415 g/mol. The fraction of sp³-hybridized carbons (Fsp3) is 0.353. The lowest BCUT2D eigenvalue weighted by molar-refractivity contribution is -0.122. The van der Waals surface area contributed by atoms with Gasteiger partial charge in [0.15, 0.2) is 0 Å². The molecule has 1 fully saturated rings. The molecular weight excluding hydrogens is 397 g/mol. The number of piperazine rings is 1. The second-order valence-corrected chi connectivity index (χ2v) is 8.46. The van der Waals surface area contributed by atoms with Gasteiger partial charge in [-0.2, -0.15) is 4.31 Å². The largest absolute Gasteiger partial charge is 0.467 e. The third-order valence-electron chi connectivity index (χ3n) is 4.27. The maximum absolute atomic E-state index is 13.3. The lowest BCUT2D eigenvalue weighted by Crippen LogP contribution is -2.50. The molecule has 1 aromatic carbocycles. The number of hydrogen-bond donors (Lipinski definition) is 1. The van der Waals surface area contributed by atoms with Crippen LogP contribution in [0.1, 0.15) is 5.76 Å². The van der Waals surface area contributed by atoms with E-state index in [0.29, 0.717) is 25.4 Å². The molecule has 0 radical (unpaired) electrons. The van der Waals surface area contributed by atoms with E-state index in [1.54, 1.807) is 12.1 Å². The summed E-state index contributed by atoms with van der Waals surface area (Å²) in [5, 5.41) is 2.52. The Kier molecular flexibility index (Phi) is 6.15. The van der Waals surface area contributed by atoms with Gasteiger partial charge in [-0.3, -0.25) is 9.69 Å². The Morgan fingerprint density at radius 2 is 1.96 bits per heavy atom. The molecule has 3 rings (SSSR count). The zero-order valence-electron chi connectivity index (χ0n) is 14.4. The van der Waals surface area contributed by atoms with Crippen LogP contribution in [-0.2, 0) is 21.4 Å². The quantitative estimate of drug-likeness (QED) is 0.776. The van der Waals surface area contributed by atoms with Crippen LogP contribution in [0.4, 0.5) is 4.39 Å². The maximum Gasteiger partial charge on any atom is 0.243 e. The molecule has 1 N–H and O–H groups in total. The van der Waals surface area contributed by atoms with E-state index in [0.717, 1.165) is 12.1 Å². The lowest BCUT2D eigenvalue weighted by atomic mass is 10.3. The van der Waals surface area contributed by atoms with E-state index in [-0.39, 0.29) is 35.5 Å². The van der Waals surface area contributed by atoms with Crippen LogP contribution < -0.4 is 5.32 Å². The van der Waals surface area contributed by atoms with Crippen molar-refractivity contribution in [2.24, 2.45) is 0 Å². The first-order valence-corrected chi connectivity index (χ1v) is 10.1. The van der Waals surface area contributed by atoms with Crippen molar-refractivity contribution in [1.82, 2.24) is 14.5 Å². The average Bonchev–Trinajstić information content (AvgIpc) is 3.16. The summed E-state index contributed by atoms with van der Waals surface area (Å²) in [6.45, 7) is 1.80. The number of nitrogens with zero attached hydrogens (tertiary/aromatic N) is 2. The number of benzene rings is 1. The molecule has 0 atom stereocenters. The van der Waals surface area contributed by atoms with Gasteiger partial charge in [0.1, 0.15) is 11.6 Å². The van der Waals surface area contributed by atoms with E-state index in [4.69, 9.17) is 16.0 Å². The molecular formula is C17H19ClFN3O4S. The van der Waals surface area contributed by atoms with Gasteiger partial charge in [0.25, 0.3) is 0 Å². The zero-order valence-corrected chi connectivity index (χ0v) is 16.0.